The van der Waals surface area contributed by atoms with Crippen LogP contribution in [0, 0.1) is 5.82 Å². The number of hydrogen-bond donors (Lipinski definition) is 3. The highest BCUT2D eigenvalue weighted by molar-refractivity contribution is 8.26. The molecule has 2 aromatic rings. The number of phenolic OH excluding ortho intramolecular Hbond substituents is 2. The number of thioether (sulfide) groups is 1. The number of nitrogens with one attached hydrogen (secondary N) is 1. The maximum atomic E-state index is 12.9. The molecule has 1 saturated heterocycles. The second-order valence-corrected chi connectivity index (χ2v) is 7.24. The largest absolute Gasteiger partial charge is 0.508 e. The van der Waals surface area contributed by atoms with Crippen LogP contribution in [0.1, 0.15) is 5.56 Å². The van der Waals surface area contributed by atoms with Gasteiger partial charge < -0.3 is 15.5 Å². The van der Waals surface area contributed by atoms with Crippen molar-refractivity contribution in [1.29, 1.82) is 0 Å². The Kier molecular flexibility index (Phi) is 5.43. The lowest BCUT2D eigenvalue weighted by Gasteiger charge is -2.14. The van der Waals surface area contributed by atoms with Crippen LogP contribution in [0.5, 0.6) is 11.5 Å². The molecule has 138 valence electrons. The van der Waals surface area contributed by atoms with Crippen molar-refractivity contribution in [2.45, 2.75) is 0 Å². The third kappa shape index (κ3) is 4.44. The lowest BCUT2D eigenvalue weighted by atomic mass is 10.1. The van der Waals surface area contributed by atoms with Crippen molar-refractivity contribution in [2.75, 3.05) is 11.9 Å². The molecule has 1 aliphatic heterocycles. The summed E-state index contributed by atoms with van der Waals surface area (Å²) in [6.07, 6.45) is 1.44. The highest BCUT2D eigenvalue weighted by atomic mass is 32.2. The van der Waals surface area contributed by atoms with Crippen molar-refractivity contribution in [2.24, 2.45) is 0 Å². The van der Waals surface area contributed by atoms with Crippen molar-refractivity contribution in [1.82, 2.24) is 4.90 Å². The molecule has 0 aliphatic carbocycles. The molecule has 0 spiro atoms. The summed E-state index contributed by atoms with van der Waals surface area (Å²) in [7, 11) is 0. The van der Waals surface area contributed by atoms with E-state index in [9.17, 15) is 24.2 Å². The average molecular weight is 404 g/mol. The summed E-state index contributed by atoms with van der Waals surface area (Å²) in [4.78, 5) is 26.1. The normalized spacial score (nSPS) is 15.4. The van der Waals surface area contributed by atoms with E-state index in [1.54, 1.807) is 0 Å². The maximum absolute atomic E-state index is 12.9. The van der Waals surface area contributed by atoms with Gasteiger partial charge in [-0.2, -0.15) is 0 Å². The molecule has 6 nitrogen and oxygen atoms in total. The first-order valence-electron chi connectivity index (χ1n) is 7.66. The number of amides is 2. The average Bonchev–Trinajstić information content (AvgIpc) is 2.87. The minimum atomic E-state index is -0.480. The predicted molar refractivity (Wildman–Crippen MR) is 105 cm³/mol. The quantitative estimate of drug-likeness (QED) is 0.536. The van der Waals surface area contributed by atoms with E-state index in [1.165, 1.54) is 42.5 Å². The number of anilines is 1. The molecule has 0 unspecified atom stereocenters. The van der Waals surface area contributed by atoms with Crippen molar-refractivity contribution in [3.63, 3.8) is 0 Å². The van der Waals surface area contributed by atoms with Gasteiger partial charge in [0.25, 0.3) is 5.91 Å². The molecule has 3 N–H and O–H groups in total. The summed E-state index contributed by atoms with van der Waals surface area (Å²) >= 11 is 6.17. The zero-order valence-electron chi connectivity index (χ0n) is 13.7. The van der Waals surface area contributed by atoms with Crippen LogP contribution in [-0.4, -0.2) is 37.8 Å². The minimum Gasteiger partial charge on any atom is -0.508 e. The first kappa shape index (κ1) is 18.9. The molecule has 1 heterocycles. The van der Waals surface area contributed by atoms with E-state index >= 15 is 0 Å². The number of nitrogens with zero attached hydrogens (tertiary/aromatic N) is 1. The zero-order chi connectivity index (χ0) is 19.6. The smallest absolute Gasteiger partial charge is 0.266 e. The second kappa shape index (κ2) is 7.77. The molecular formula is C18H13FN2O4S2. The van der Waals surface area contributed by atoms with Gasteiger partial charge in [-0.3, -0.25) is 14.5 Å². The highest BCUT2D eigenvalue weighted by Crippen LogP contribution is 2.34. The van der Waals surface area contributed by atoms with Crippen LogP contribution in [0.3, 0.4) is 0 Å². The van der Waals surface area contributed by atoms with E-state index in [4.69, 9.17) is 12.2 Å². The van der Waals surface area contributed by atoms with Gasteiger partial charge in [0.05, 0.1) is 4.91 Å². The van der Waals surface area contributed by atoms with Gasteiger partial charge >= 0.3 is 0 Å². The van der Waals surface area contributed by atoms with Gasteiger partial charge in [0.2, 0.25) is 5.91 Å². The van der Waals surface area contributed by atoms with Crippen molar-refractivity contribution in [3.8, 4) is 11.5 Å². The Bertz CT molecular complexity index is 960. The summed E-state index contributed by atoms with van der Waals surface area (Å²) in [6.45, 7) is -0.291. The lowest BCUT2D eigenvalue weighted by molar-refractivity contribution is -0.126. The van der Waals surface area contributed by atoms with Crippen LogP contribution in [0.25, 0.3) is 6.08 Å². The van der Waals surface area contributed by atoms with E-state index < -0.39 is 17.6 Å². The third-order valence-corrected chi connectivity index (χ3v) is 4.98. The van der Waals surface area contributed by atoms with E-state index in [0.29, 0.717) is 11.3 Å². The number of aromatic hydroxyl groups is 2. The molecule has 2 aromatic carbocycles. The van der Waals surface area contributed by atoms with Crippen molar-refractivity contribution in [3.05, 3.63) is 58.8 Å². The molecule has 1 fully saturated rings. The van der Waals surface area contributed by atoms with Gasteiger partial charge in [0.1, 0.15) is 28.2 Å². The topological polar surface area (TPSA) is 89.9 Å². The predicted octanol–water partition coefficient (Wildman–Crippen LogP) is 3.08. The molecule has 0 atom stereocenters. The number of hydrogen-bond acceptors (Lipinski definition) is 6. The van der Waals surface area contributed by atoms with E-state index in [2.05, 4.69) is 5.32 Å². The monoisotopic (exact) mass is 404 g/mol. The summed E-state index contributed by atoms with van der Waals surface area (Å²) in [5.41, 5.74) is 0.737. The fraction of sp³-hybridized carbons (Fsp3) is 0.0556. The number of phenols is 2. The SMILES string of the molecule is O=C(CN1C(=O)/C(=C/c2ccc(O)cc2O)SC1=S)Nc1ccc(F)cc1. The Hall–Kier alpha value is -2.91. The second-order valence-electron chi connectivity index (χ2n) is 5.57. The molecule has 9 heteroatoms. The minimum absolute atomic E-state index is 0.102. The molecule has 0 bridgehead atoms. The molecule has 2 amide bonds. The summed E-state index contributed by atoms with van der Waals surface area (Å²) in [6, 6.07) is 9.23. The van der Waals surface area contributed by atoms with Crippen LogP contribution in [0.4, 0.5) is 10.1 Å². The van der Waals surface area contributed by atoms with Crippen LogP contribution in [-0.2, 0) is 9.59 Å². The van der Waals surface area contributed by atoms with Gasteiger partial charge in [-0.15, -0.1) is 0 Å². The molecular weight excluding hydrogens is 391 g/mol. The van der Waals surface area contributed by atoms with Crippen LogP contribution < -0.4 is 5.32 Å². The summed E-state index contributed by atoms with van der Waals surface area (Å²) < 4.78 is 13.1. The van der Waals surface area contributed by atoms with Crippen molar-refractivity contribution >= 4 is 51.9 Å². The summed E-state index contributed by atoms with van der Waals surface area (Å²) in [5.74, 6) is -1.66. The molecule has 0 radical (unpaired) electrons. The fourth-order valence-electron chi connectivity index (χ4n) is 2.31. The Morgan fingerprint density at radius 3 is 2.59 bits per heavy atom. The Labute approximate surface area is 163 Å². The Balaban J connectivity index is 1.71. The van der Waals surface area contributed by atoms with Crippen LogP contribution in [0.2, 0.25) is 0 Å². The van der Waals surface area contributed by atoms with Crippen LogP contribution >= 0.6 is 24.0 Å². The highest BCUT2D eigenvalue weighted by Gasteiger charge is 2.33. The zero-order valence-corrected chi connectivity index (χ0v) is 15.3. The lowest BCUT2D eigenvalue weighted by Crippen LogP contribution is -2.36. The number of benzene rings is 2. The number of rotatable bonds is 4. The van der Waals surface area contributed by atoms with Gasteiger partial charge in [-0.05, 0) is 42.5 Å². The molecule has 0 saturated carbocycles. The van der Waals surface area contributed by atoms with Gasteiger partial charge in [0, 0.05) is 17.3 Å². The van der Waals surface area contributed by atoms with Gasteiger partial charge in [-0.25, -0.2) is 4.39 Å². The van der Waals surface area contributed by atoms with Gasteiger partial charge in [-0.1, -0.05) is 24.0 Å². The Morgan fingerprint density at radius 2 is 1.93 bits per heavy atom. The number of carbonyl (C=O) groups excluding carboxylic acids is 2. The van der Waals surface area contributed by atoms with E-state index in [0.717, 1.165) is 22.7 Å². The molecule has 3 rings (SSSR count). The standard InChI is InChI=1S/C18H13FN2O4S2/c19-11-2-4-12(5-3-11)20-16(24)9-21-17(25)15(27-18(21)26)7-10-1-6-13(22)8-14(10)23/h1-8,22-23H,9H2,(H,20,24)/b15-7-. The third-order valence-electron chi connectivity index (χ3n) is 3.60. The van der Waals surface area contributed by atoms with Gasteiger partial charge in [0.15, 0.2) is 0 Å². The van der Waals surface area contributed by atoms with E-state index in [-0.39, 0.29) is 27.3 Å². The maximum Gasteiger partial charge on any atom is 0.266 e. The summed E-state index contributed by atoms with van der Waals surface area (Å²) in [5, 5.41) is 21.7. The first-order valence-corrected chi connectivity index (χ1v) is 8.89. The fourth-order valence-corrected chi connectivity index (χ4v) is 3.55. The van der Waals surface area contributed by atoms with Crippen molar-refractivity contribution < 1.29 is 24.2 Å². The molecule has 27 heavy (non-hydrogen) atoms. The van der Waals surface area contributed by atoms with E-state index in [1.807, 2.05) is 0 Å². The molecule has 1 aliphatic rings. The number of thiocarbonyl (C=S) groups is 1. The first-order chi connectivity index (χ1) is 12.8. The van der Waals surface area contributed by atoms with Crippen LogP contribution in [0.15, 0.2) is 47.4 Å². The number of halogens is 1. The molecule has 0 aromatic heterocycles. The number of carbonyl (C=O) groups is 2. The Morgan fingerprint density at radius 1 is 1.22 bits per heavy atom.